The van der Waals surface area contributed by atoms with Gasteiger partial charge in [-0.3, -0.25) is 9.69 Å². The third-order valence-corrected chi connectivity index (χ3v) is 7.06. The van der Waals surface area contributed by atoms with Crippen molar-refractivity contribution in [1.29, 1.82) is 0 Å². The lowest BCUT2D eigenvalue weighted by molar-refractivity contribution is 0.0952. The van der Waals surface area contributed by atoms with Crippen molar-refractivity contribution in [2.24, 2.45) is 0 Å². The van der Waals surface area contributed by atoms with Gasteiger partial charge in [-0.25, -0.2) is 9.37 Å². The molecule has 1 aliphatic heterocycles. The topological polar surface area (TPSA) is 57.7 Å². The standard InChI is InChI=1S/C25H25FN4O2S/c1-32-19-7-6-17-14-18-15-23(33-25(18)28-21(17)16-19)24(31)27-8-9-29-10-12-30(13-11-29)22-5-3-2-4-20(22)26/h2-7,14-16H,8-13H2,1H3,(H,27,31). The predicted molar refractivity (Wildman–Crippen MR) is 131 cm³/mol. The number of amides is 1. The molecule has 0 radical (unpaired) electrons. The van der Waals surface area contributed by atoms with Crippen molar-refractivity contribution in [3.8, 4) is 5.75 Å². The first-order valence-electron chi connectivity index (χ1n) is 11.0. The second-order valence-corrected chi connectivity index (χ2v) is 9.12. The summed E-state index contributed by atoms with van der Waals surface area (Å²) in [6.07, 6.45) is 0. The summed E-state index contributed by atoms with van der Waals surface area (Å²) in [4.78, 5) is 23.3. The highest BCUT2D eigenvalue weighted by atomic mass is 32.1. The summed E-state index contributed by atoms with van der Waals surface area (Å²) in [5.41, 5.74) is 1.51. The summed E-state index contributed by atoms with van der Waals surface area (Å²) < 4.78 is 19.3. The molecule has 6 nitrogen and oxygen atoms in total. The number of pyridine rings is 1. The molecule has 0 spiro atoms. The normalized spacial score (nSPS) is 14.7. The summed E-state index contributed by atoms with van der Waals surface area (Å²) in [7, 11) is 1.64. The Labute approximate surface area is 195 Å². The summed E-state index contributed by atoms with van der Waals surface area (Å²) in [6.45, 7) is 4.56. The van der Waals surface area contributed by atoms with Crippen molar-refractivity contribution in [1.82, 2.24) is 15.2 Å². The largest absolute Gasteiger partial charge is 0.497 e. The van der Waals surface area contributed by atoms with E-state index >= 15 is 0 Å². The smallest absolute Gasteiger partial charge is 0.261 e. The average Bonchev–Trinajstić information content (AvgIpc) is 3.26. The molecular formula is C25H25FN4O2S. The Kier molecular flexibility index (Phi) is 6.11. The molecule has 170 valence electrons. The fourth-order valence-electron chi connectivity index (χ4n) is 4.18. The lowest BCUT2D eigenvalue weighted by Crippen LogP contribution is -2.48. The van der Waals surface area contributed by atoms with E-state index in [-0.39, 0.29) is 11.7 Å². The molecule has 4 aromatic rings. The van der Waals surface area contributed by atoms with Gasteiger partial charge in [-0.15, -0.1) is 11.3 Å². The molecule has 1 fully saturated rings. The molecule has 5 rings (SSSR count). The minimum atomic E-state index is -0.178. The van der Waals surface area contributed by atoms with Gasteiger partial charge < -0.3 is 15.0 Å². The number of aromatic nitrogens is 1. The number of carbonyl (C=O) groups excluding carboxylic acids is 1. The van der Waals surface area contributed by atoms with Gasteiger partial charge >= 0.3 is 0 Å². The number of fused-ring (bicyclic) bond motifs is 2. The lowest BCUT2D eigenvalue weighted by atomic mass is 10.2. The molecule has 1 N–H and O–H groups in total. The Balaban J connectivity index is 1.16. The lowest BCUT2D eigenvalue weighted by Gasteiger charge is -2.36. The number of ether oxygens (including phenoxy) is 1. The number of piperazine rings is 1. The number of hydrogen-bond acceptors (Lipinski definition) is 6. The first-order chi connectivity index (χ1) is 16.1. The number of para-hydroxylation sites is 1. The van der Waals surface area contributed by atoms with Crippen molar-refractivity contribution in [3.05, 3.63) is 65.3 Å². The number of anilines is 1. The Morgan fingerprint density at radius 1 is 1.09 bits per heavy atom. The van der Waals surface area contributed by atoms with Crippen molar-refractivity contribution in [2.45, 2.75) is 0 Å². The molecule has 8 heteroatoms. The van der Waals surface area contributed by atoms with E-state index < -0.39 is 0 Å². The van der Waals surface area contributed by atoms with Crippen LogP contribution in [0.2, 0.25) is 0 Å². The van der Waals surface area contributed by atoms with E-state index in [2.05, 4.69) is 21.2 Å². The number of methoxy groups -OCH3 is 1. The predicted octanol–water partition coefficient (Wildman–Crippen LogP) is 4.15. The molecule has 2 aromatic heterocycles. The quantitative estimate of drug-likeness (QED) is 0.465. The Morgan fingerprint density at radius 2 is 1.91 bits per heavy atom. The Morgan fingerprint density at radius 3 is 2.70 bits per heavy atom. The molecule has 0 saturated carbocycles. The van der Waals surface area contributed by atoms with Gasteiger partial charge in [0.15, 0.2) is 0 Å². The maximum atomic E-state index is 14.0. The van der Waals surface area contributed by atoms with Crippen LogP contribution >= 0.6 is 11.3 Å². The van der Waals surface area contributed by atoms with Gasteiger partial charge in [0.25, 0.3) is 5.91 Å². The summed E-state index contributed by atoms with van der Waals surface area (Å²) in [5.74, 6) is 0.506. The highest BCUT2D eigenvalue weighted by Gasteiger charge is 2.19. The number of nitrogens with one attached hydrogen (secondary N) is 1. The number of carbonyl (C=O) groups is 1. The molecule has 1 saturated heterocycles. The van der Waals surface area contributed by atoms with Gasteiger partial charge in [0.2, 0.25) is 0 Å². The fourth-order valence-corrected chi connectivity index (χ4v) is 5.12. The van der Waals surface area contributed by atoms with Crippen molar-refractivity contribution < 1.29 is 13.9 Å². The number of thiophene rings is 1. The van der Waals surface area contributed by atoms with Crippen LogP contribution in [0.1, 0.15) is 9.67 Å². The van der Waals surface area contributed by atoms with E-state index in [1.165, 1.54) is 17.4 Å². The Hall–Kier alpha value is -3.23. The van der Waals surface area contributed by atoms with Crippen LogP contribution in [0.3, 0.4) is 0 Å². The highest BCUT2D eigenvalue weighted by Crippen LogP contribution is 2.29. The van der Waals surface area contributed by atoms with Crippen LogP contribution in [-0.2, 0) is 0 Å². The van der Waals surface area contributed by atoms with E-state index in [0.717, 1.165) is 59.6 Å². The van der Waals surface area contributed by atoms with Gasteiger partial charge in [0, 0.05) is 56.1 Å². The van der Waals surface area contributed by atoms with Gasteiger partial charge in [0.05, 0.1) is 23.2 Å². The molecule has 3 heterocycles. The van der Waals surface area contributed by atoms with Crippen LogP contribution in [0.4, 0.5) is 10.1 Å². The summed E-state index contributed by atoms with van der Waals surface area (Å²) in [6, 6.07) is 16.6. The van der Waals surface area contributed by atoms with E-state index in [4.69, 9.17) is 9.72 Å². The Bertz CT molecular complexity index is 1300. The molecule has 0 aliphatic carbocycles. The van der Waals surface area contributed by atoms with E-state index in [1.54, 1.807) is 13.2 Å². The van der Waals surface area contributed by atoms with E-state index in [0.29, 0.717) is 17.1 Å². The zero-order valence-corrected chi connectivity index (χ0v) is 19.2. The fraction of sp³-hybridized carbons (Fsp3) is 0.280. The minimum Gasteiger partial charge on any atom is -0.497 e. The van der Waals surface area contributed by atoms with Crippen LogP contribution < -0.4 is 15.0 Å². The highest BCUT2D eigenvalue weighted by molar-refractivity contribution is 7.20. The number of rotatable bonds is 6. The summed E-state index contributed by atoms with van der Waals surface area (Å²) >= 11 is 1.40. The minimum absolute atomic E-state index is 0.0790. The molecule has 33 heavy (non-hydrogen) atoms. The molecule has 2 aromatic carbocycles. The van der Waals surface area contributed by atoms with Gasteiger partial charge in [0.1, 0.15) is 16.4 Å². The van der Waals surface area contributed by atoms with Gasteiger partial charge in [-0.2, -0.15) is 0 Å². The van der Waals surface area contributed by atoms with Crippen LogP contribution in [0.25, 0.3) is 21.1 Å². The second-order valence-electron chi connectivity index (χ2n) is 8.09. The SMILES string of the molecule is COc1ccc2cc3cc(C(=O)NCCN4CCN(c5ccccc5F)CC4)sc3nc2c1. The monoisotopic (exact) mass is 464 g/mol. The zero-order valence-electron chi connectivity index (χ0n) is 18.4. The molecule has 1 aliphatic rings. The molecule has 1 amide bonds. The number of benzene rings is 2. The number of halogens is 1. The number of hydrogen-bond donors (Lipinski definition) is 1. The third-order valence-electron chi connectivity index (χ3n) is 6.01. The van der Waals surface area contributed by atoms with Crippen molar-refractivity contribution in [2.75, 3.05) is 51.3 Å². The molecular weight excluding hydrogens is 439 g/mol. The third kappa shape index (κ3) is 4.62. The van der Waals surface area contributed by atoms with E-state index in [1.807, 2.05) is 36.4 Å². The van der Waals surface area contributed by atoms with Crippen LogP contribution in [0, 0.1) is 5.82 Å². The first kappa shape index (κ1) is 21.6. The average molecular weight is 465 g/mol. The van der Waals surface area contributed by atoms with Gasteiger partial charge in [-0.05, 0) is 36.4 Å². The van der Waals surface area contributed by atoms with Crippen LogP contribution in [0.15, 0.2) is 54.6 Å². The first-order valence-corrected chi connectivity index (χ1v) is 11.8. The summed E-state index contributed by atoms with van der Waals surface area (Å²) in [5, 5.41) is 5.01. The maximum absolute atomic E-state index is 14.0. The van der Waals surface area contributed by atoms with Crippen LogP contribution in [-0.4, -0.2) is 62.2 Å². The van der Waals surface area contributed by atoms with E-state index in [9.17, 15) is 9.18 Å². The van der Waals surface area contributed by atoms with Crippen molar-refractivity contribution in [3.63, 3.8) is 0 Å². The number of nitrogens with zero attached hydrogens (tertiary/aromatic N) is 3. The molecule has 0 unspecified atom stereocenters. The van der Waals surface area contributed by atoms with Crippen molar-refractivity contribution >= 4 is 44.1 Å². The molecule has 0 bridgehead atoms. The second kappa shape index (κ2) is 9.33. The zero-order chi connectivity index (χ0) is 22.8. The van der Waals surface area contributed by atoms with Crippen LogP contribution in [0.5, 0.6) is 5.75 Å². The maximum Gasteiger partial charge on any atom is 0.261 e. The molecule has 0 atom stereocenters. The van der Waals surface area contributed by atoms with Gasteiger partial charge in [-0.1, -0.05) is 12.1 Å².